The van der Waals surface area contributed by atoms with Gasteiger partial charge in [0.25, 0.3) is 0 Å². The van der Waals surface area contributed by atoms with E-state index in [1.165, 1.54) is 11.0 Å². The van der Waals surface area contributed by atoms with Crippen LogP contribution in [0, 0.1) is 5.41 Å². The van der Waals surface area contributed by atoms with Crippen LogP contribution in [0.15, 0.2) is 36.1 Å². The Morgan fingerprint density at radius 2 is 1.68 bits per heavy atom. The fraction of sp³-hybridized carbons (Fsp3) is 0.438. The van der Waals surface area contributed by atoms with E-state index in [0.717, 1.165) is 8.20 Å². The van der Waals surface area contributed by atoms with Gasteiger partial charge in [-0.1, -0.05) is 57.2 Å². The molecule has 0 aliphatic carbocycles. The Balaban J connectivity index is 2.87. The molecule has 1 nitrogen and oxygen atoms in total. The summed E-state index contributed by atoms with van der Waals surface area (Å²) in [6.07, 6.45) is 2.15. The lowest BCUT2D eigenvalue weighted by Gasteiger charge is -2.28. The van der Waals surface area contributed by atoms with Crippen molar-refractivity contribution in [2.45, 2.75) is 40.4 Å². The Morgan fingerprint density at radius 1 is 1.11 bits per heavy atom. The number of rotatable bonds is 4. The average molecular weight is 292 g/mol. The van der Waals surface area contributed by atoms with Crippen molar-refractivity contribution >= 4 is 28.1 Å². The Bertz CT molecular complexity index is 450. The molecule has 0 unspecified atom stereocenters. The molecule has 0 atom stereocenters. The van der Waals surface area contributed by atoms with Gasteiger partial charge in [-0.25, -0.2) is 0 Å². The van der Waals surface area contributed by atoms with Gasteiger partial charge >= 0.3 is 0 Å². The van der Waals surface area contributed by atoms with Gasteiger partial charge in [0.15, 0.2) is 8.32 Å². The summed E-state index contributed by atoms with van der Waals surface area (Å²) in [5, 5.41) is 0. The van der Waals surface area contributed by atoms with Crippen molar-refractivity contribution in [1.29, 1.82) is 0 Å². The molecule has 0 heterocycles. The van der Waals surface area contributed by atoms with E-state index in [9.17, 15) is 0 Å². The van der Waals surface area contributed by atoms with Crippen LogP contribution in [0.1, 0.15) is 26.3 Å². The minimum absolute atomic E-state index is 0.0862. The van der Waals surface area contributed by atoms with Gasteiger partial charge in [-0.2, -0.15) is 0 Å². The smallest absolute Gasteiger partial charge is 0.191 e. The zero-order valence-electron chi connectivity index (χ0n) is 12.9. The lowest BCUT2D eigenvalue weighted by Crippen LogP contribution is -2.34. The van der Waals surface area contributed by atoms with E-state index < -0.39 is 8.32 Å². The molecule has 3 heteroatoms. The normalized spacial score (nSPS) is 14.1. The first-order chi connectivity index (χ1) is 8.68. The molecule has 0 aromatic heterocycles. The minimum atomic E-state index is -1.54. The third-order valence-corrected chi connectivity index (χ3v) is 4.59. The largest absolute Gasteiger partial charge is 0.385 e. The Kier molecular flexibility index (Phi) is 5.73. The summed E-state index contributed by atoms with van der Waals surface area (Å²) in [6.45, 7) is 13.3. The SMILES string of the molecule is CC(C)(C)C(O[Si](C)(C)C)=P/C=C/c1ccccc1. The van der Waals surface area contributed by atoms with Crippen molar-refractivity contribution in [3.8, 4) is 0 Å². The lowest BCUT2D eigenvalue weighted by molar-refractivity contribution is 0.447. The average Bonchev–Trinajstić information content (AvgIpc) is 2.26. The van der Waals surface area contributed by atoms with Crippen molar-refractivity contribution in [3.63, 3.8) is 0 Å². The van der Waals surface area contributed by atoms with E-state index in [1.807, 2.05) is 6.07 Å². The molecule has 0 saturated carbocycles. The monoisotopic (exact) mass is 292 g/mol. The van der Waals surface area contributed by atoms with Crippen molar-refractivity contribution < 1.29 is 4.43 Å². The maximum absolute atomic E-state index is 6.23. The second kappa shape index (κ2) is 6.65. The topological polar surface area (TPSA) is 9.23 Å². The molecule has 1 aromatic rings. The predicted octanol–water partition coefficient (Wildman–Crippen LogP) is 5.63. The first kappa shape index (κ1) is 16.4. The maximum Gasteiger partial charge on any atom is 0.191 e. The van der Waals surface area contributed by atoms with Gasteiger partial charge in [0, 0.05) is 5.41 Å². The molecule has 0 bridgehead atoms. The highest BCUT2D eigenvalue weighted by molar-refractivity contribution is 7.44. The molecule has 1 rings (SSSR count). The third-order valence-electron chi connectivity index (χ3n) is 2.30. The predicted molar refractivity (Wildman–Crippen MR) is 91.3 cm³/mol. The summed E-state index contributed by atoms with van der Waals surface area (Å²) in [7, 11) is -0.377. The van der Waals surface area contributed by atoms with Crippen molar-refractivity contribution in [3.05, 3.63) is 41.7 Å². The molecule has 104 valence electrons. The second-order valence-electron chi connectivity index (χ2n) is 6.63. The summed E-state index contributed by atoms with van der Waals surface area (Å²) in [6, 6.07) is 10.4. The molecular formula is C16H25OPSi. The first-order valence-corrected chi connectivity index (χ1v) is 11.0. The summed E-state index contributed by atoms with van der Waals surface area (Å²) in [5.41, 5.74) is 2.48. The lowest BCUT2D eigenvalue weighted by atomic mass is 9.99. The molecule has 1 aromatic carbocycles. The zero-order valence-corrected chi connectivity index (χ0v) is 14.8. The molecule has 0 radical (unpaired) electrons. The van der Waals surface area contributed by atoms with E-state index in [4.69, 9.17) is 4.43 Å². The van der Waals surface area contributed by atoms with E-state index in [0.29, 0.717) is 0 Å². The van der Waals surface area contributed by atoms with Gasteiger partial charge in [0.1, 0.15) is 0 Å². The molecule has 0 aliphatic heterocycles. The van der Waals surface area contributed by atoms with Gasteiger partial charge < -0.3 is 4.43 Å². The van der Waals surface area contributed by atoms with Crippen molar-refractivity contribution in [2.24, 2.45) is 5.41 Å². The molecule has 0 aliphatic rings. The van der Waals surface area contributed by atoms with Crippen molar-refractivity contribution in [2.75, 3.05) is 0 Å². The van der Waals surface area contributed by atoms with Crippen molar-refractivity contribution in [1.82, 2.24) is 0 Å². The van der Waals surface area contributed by atoms with Gasteiger partial charge in [-0.15, -0.1) is 0 Å². The van der Waals surface area contributed by atoms with Gasteiger partial charge in [0.2, 0.25) is 0 Å². The summed E-state index contributed by atoms with van der Waals surface area (Å²) in [5.74, 6) is 2.18. The molecule has 0 N–H and O–H groups in total. The first-order valence-electron chi connectivity index (χ1n) is 6.67. The minimum Gasteiger partial charge on any atom is -0.385 e. The molecule has 0 fully saturated rings. The Morgan fingerprint density at radius 3 is 2.16 bits per heavy atom. The highest BCUT2D eigenvalue weighted by Crippen LogP contribution is 2.26. The van der Waals surface area contributed by atoms with Crippen LogP contribution in [0.2, 0.25) is 19.6 Å². The fourth-order valence-corrected chi connectivity index (χ4v) is 4.11. The number of hydrogen-bond acceptors (Lipinski definition) is 1. The van der Waals surface area contributed by atoms with Crippen LogP contribution in [0.3, 0.4) is 0 Å². The highest BCUT2D eigenvalue weighted by Gasteiger charge is 2.25. The fourth-order valence-electron chi connectivity index (χ4n) is 1.42. The van der Waals surface area contributed by atoms with E-state index in [-0.39, 0.29) is 5.41 Å². The van der Waals surface area contributed by atoms with Crippen LogP contribution in [0.25, 0.3) is 6.08 Å². The maximum atomic E-state index is 6.23. The quantitative estimate of drug-likeness (QED) is 0.516. The number of benzene rings is 1. The van der Waals surface area contributed by atoms with E-state index >= 15 is 0 Å². The Hall–Kier alpha value is -0.693. The summed E-state index contributed by atoms with van der Waals surface area (Å²) < 4.78 is 6.23. The van der Waals surface area contributed by atoms with E-state index in [2.05, 4.69) is 76.6 Å². The molecule has 0 saturated heterocycles. The zero-order chi connectivity index (χ0) is 14.5. The second-order valence-corrected chi connectivity index (χ2v) is 12.0. The van der Waals surface area contributed by atoms with Gasteiger partial charge in [-0.05, 0) is 39.2 Å². The van der Waals surface area contributed by atoms with E-state index in [1.54, 1.807) is 0 Å². The standard InChI is InChI=1S/C16H25OPSi/c1-16(2,3)15(17-19(4,5)6)18-13-12-14-10-8-7-9-11-14/h7-13H,1-6H3/b13-12+. The van der Waals surface area contributed by atoms with Crippen LogP contribution in [-0.4, -0.2) is 13.8 Å². The van der Waals surface area contributed by atoms with Gasteiger partial charge in [-0.3, -0.25) is 0 Å². The molecule has 19 heavy (non-hydrogen) atoms. The molecular weight excluding hydrogens is 267 g/mol. The third kappa shape index (κ3) is 6.86. The van der Waals surface area contributed by atoms with Crippen LogP contribution in [0.5, 0.6) is 0 Å². The van der Waals surface area contributed by atoms with Gasteiger partial charge in [0.05, 0.1) is 5.48 Å². The van der Waals surface area contributed by atoms with Crippen LogP contribution in [-0.2, 0) is 4.43 Å². The highest BCUT2D eigenvalue weighted by atomic mass is 31.1. The number of hydrogen-bond donors (Lipinski definition) is 0. The summed E-state index contributed by atoms with van der Waals surface area (Å²) in [4.78, 5) is 0. The molecule has 0 amide bonds. The summed E-state index contributed by atoms with van der Waals surface area (Å²) >= 11 is 0. The van der Waals surface area contributed by atoms with Crippen LogP contribution >= 0.6 is 8.20 Å². The molecule has 0 spiro atoms. The Labute approximate surface area is 120 Å². The van der Waals surface area contributed by atoms with Crippen LogP contribution in [0.4, 0.5) is 0 Å². The van der Waals surface area contributed by atoms with Crippen LogP contribution < -0.4 is 0 Å².